The SMILES string of the molecule is CC(C)[C@H](NC(=O)OC(C)(C)C)C(=O)N[C@H](C(=O)OCc1ccc(Cl)cc1)C(C)C. The van der Waals surface area contributed by atoms with Crippen LogP contribution in [0.1, 0.15) is 54.0 Å². The topological polar surface area (TPSA) is 93.7 Å². The van der Waals surface area contributed by atoms with Crippen molar-refractivity contribution in [1.29, 1.82) is 0 Å². The predicted molar refractivity (Wildman–Crippen MR) is 116 cm³/mol. The summed E-state index contributed by atoms with van der Waals surface area (Å²) < 4.78 is 10.6. The second-order valence-electron chi connectivity index (χ2n) is 8.83. The lowest BCUT2D eigenvalue weighted by Gasteiger charge is -2.27. The summed E-state index contributed by atoms with van der Waals surface area (Å²) in [4.78, 5) is 37.5. The first-order valence-electron chi connectivity index (χ1n) is 10.0. The van der Waals surface area contributed by atoms with Crippen LogP contribution in [0.2, 0.25) is 5.02 Å². The molecule has 0 aliphatic heterocycles. The lowest BCUT2D eigenvalue weighted by molar-refractivity contribution is -0.150. The highest BCUT2D eigenvalue weighted by Gasteiger charge is 2.32. The molecule has 1 rings (SSSR count). The number of carbonyl (C=O) groups is 3. The third-order valence-electron chi connectivity index (χ3n) is 4.13. The van der Waals surface area contributed by atoms with Gasteiger partial charge in [0.1, 0.15) is 24.3 Å². The molecule has 0 spiro atoms. The van der Waals surface area contributed by atoms with E-state index in [2.05, 4.69) is 10.6 Å². The Bertz CT molecular complexity index is 726. The van der Waals surface area contributed by atoms with E-state index in [1.54, 1.807) is 72.7 Å². The Morgan fingerprint density at radius 3 is 1.93 bits per heavy atom. The van der Waals surface area contributed by atoms with E-state index < -0.39 is 35.7 Å². The lowest BCUT2D eigenvalue weighted by Crippen LogP contribution is -2.55. The average Bonchev–Trinajstić information content (AvgIpc) is 2.61. The van der Waals surface area contributed by atoms with Crippen LogP contribution in [0.25, 0.3) is 0 Å². The highest BCUT2D eigenvalue weighted by molar-refractivity contribution is 6.30. The molecule has 1 aromatic rings. The van der Waals surface area contributed by atoms with Gasteiger partial charge in [0.15, 0.2) is 0 Å². The van der Waals surface area contributed by atoms with Crippen LogP contribution in [0.4, 0.5) is 4.79 Å². The molecule has 0 radical (unpaired) electrons. The Hall–Kier alpha value is -2.28. The molecule has 0 unspecified atom stereocenters. The first-order valence-corrected chi connectivity index (χ1v) is 10.4. The molecule has 0 saturated carbocycles. The fourth-order valence-corrected chi connectivity index (χ4v) is 2.66. The van der Waals surface area contributed by atoms with Gasteiger partial charge in [-0.2, -0.15) is 0 Å². The summed E-state index contributed by atoms with van der Waals surface area (Å²) in [5, 5.41) is 5.88. The number of esters is 1. The zero-order valence-corrected chi connectivity index (χ0v) is 19.5. The van der Waals surface area contributed by atoms with E-state index in [-0.39, 0.29) is 18.4 Å². The van der Waals surface area contributed by atoms with Gasteiger partial charge in [-0.25, -0.2) is 9.59 Å². The Morgan fingerprint density at radius 1 is 0.933 bits per heavy atom. The van der Waals surface area contributed by atoms with E-state index in [0.717, 1.165) is 5.56 Å². The van der Waals surface area contributed by atoms with Crippen molar-refractivity contribution in [2.24, 2.45) is 11.8 Å². The maximum absolute atomic E-state index is 12.8. The second-order valence-corrected chi connectivity index (χ2v) is 9.27. The normalized spacial score (nSPS) is 13.5. The summed E-state index contributed by atoms with van der Waals surface area (Å²) in [7, 11) is 0. The highest BCUT2D eigenvalue weighted by atomic mass is 35.5. The van der Waals surface area contributed by atoms with Crippen LogP contribution in [0, 0.1) is 11.8 Å². The van der Waals surface area contributed by atoms with Crippen molar-refractivity contribution in [2.75, 3.05) is 0 Å². The van der Waals surface area contributed by atoms with Crippen LogP contribution in [0.5, 0.6) is 0 Å². The summed E-state index contributed by atoms with van der Waals surface area (Å²) in [6.45, 7) is 12.5. The maximum atomic E-state index is 12.8. The van der Waals surface area contributed by atoms with Crippen LogP contribution in [-0.4, -0.2) is 35.7 Å². The summed E-state index contributed by atoms with van der Waals surface area (Å²) in [5.74, 6) is -1.44. The number of nitrogens with one attached hydrogen (secondary N) is 2. The number of rotatable bonds is 8. The largest absolute Gasteiger partial charge is 0.459 e. The van der Waals surface area contributed by atoms with Gasteiger partial charge in [-0.15, -0.1) is 0 Å². The number of benzene rings is 1. The van der Waals surface area contributed by atoms with Gasteiger partial charge < -0.3 is 20.1 Å². The average molecular weight is 441 g/mol. The second kappa shape index (κ2) is 11.2. The monoisotopic (exact) mass is 440 g/mol. The summed E-state index contributed by atoms with van der Waals surface area (Å²) >= 11 is 5.86. The number of carbonyl (C=O) groups excluding carboxylic acids is 3. The lowest BCUT2D eigenvalue weighted by atomic mass is 10.0. The Kier molecular flexibility index (Phi) is 9.62. The van der Waals surface area contributed by atoms with Crippen molar-refractivity contribution in [3.8, 4) is 0 Å². The number of amides is 2. The maximum Gasteiger partial charge on any atom is 0.408 e. The van der Waals surface area contributed by atoms with Gasteiger partial charge in [0.25, 0.3) is 0 Å². The Balaban J connectivity index is 2.77. The molecular weight excluding hydrogens is 408 g/mol. The van der Waals surface area contributed by atoms with E-state index in [4.69, 9.17) is 21.1 Å². The van der Waals surface area contributed by atoms with E-state index in [9.17, 15) is 14.4 Å². The number of hydrogen-bond acceptors (Lipinski definition) is 5. The molecule has 0 fully saturated rings. The molecule has 2 atom stereocenters. The van der Waals surface area contributed by atoms with Crippen LogP contribution < -0.4 is 10.6 Å². The molecule has 0 aromatic heterocycles. The molecule has 0 heterocycles. The van der Waals surface area contributed by atoms with Crippen LogP contribution in [0.15, 0.2) is 24.3 Å². The summed E-state index contributed by atoms with van der Waals surface area (Å²) in [5.41, 5.74) is 0.0989. The fraction of sp³-hybridized carbons (Fsp3) is 0.591. The minimum absolute atomic E-state index is 0.0683. The third kappa shape index (κ3) is 9.03. The number of halogens is 1. The minimum Gasteiger partial charge on any atom is -0.459 e. The van der Waals surface area contributed by atoms with Crippen LogP contribution in [0.3, 0.4) is 0 Å². The van der Waals surface area contributed by atoms with Gasteiger partial charge in [0.2, 0.25) is 5.91 Å². The van der Waals surface area contributed by atoms with Gasteiger partial charge in [-0.05, 0) is 50.3 Å². The zero-order valence-electron chi connectivity index (χ0n) is 18.7. The zero-order chi connectivity index (χ0) is 23.1. The molecule has 7 nitrogen and oxygen atoms in total. The van der Waals surface area contributed by atoms with Crippen LogP contribution >= 0.6 is 11.6 Å². The number of alkyl carbamates (subject to hydrolysis) is 1. The summed E-state index contributed by atoms with van der Waals surface area (Å²) in [6.07, 6.45) is -0.692. The molecule has 2 amide bonds. The molecule has 30 heavy (non-hydrogen) atoms. The molecule has 1 aromatic carbocycles. The van der Waals surface area contributed by atoms with E-state index >= 15 is 0 Å². The van der Waals surface area contributed by atoms with Crippen molar-refractivity contribution in [3.05, 3.63) is 34.9 Å². The van der Waals surface area contributed by atoms with Crippen LogP contribution in [-0.2, 0) is 25.7 Å². The molecule has 0 saturated heterocycles. The van der Waals surface area contributed by atoms with Gasteiger partial charge >= 0.3 is 12.1 Å². The number of hydrogen-bond donors (Lipinski definition) is 2. The first-order chi connectivity index (χ1) is 13.8. The van der Waals surface area contributed by atoms with Crippen molar-refractivity contribution < 1.29 is 23.9 Å². The minimum atomic E-state index is -0.856. The molecule has 168 valence electrons. The van der Waals surface area contributed by atoms with Gasteiger partial charge in [-0.1, -0.05) is 51.4 Å². The molecule has 8 heteroatoms. The van der Waals surface area contributed by atoms with Crippen molar-refractivity contribution in [3.63, 3.8) is 0 Å². The highest BCUT2D eigenvalue weighted by Crippen LogP contribution is 2.13. The van der Waals surface area contributed by atoms with Gasteiger partial charge in [0.05, 0.1) is 0 Å². The summed E-state index contributed by atoms with van der Waals surface area (Å²) in [6, 6.07) is 5.23. The quantitative estimate of drug-likeness (QED) is 0.594. The Morgan fingerprint density at radius 2 is 1.47 bits per heavy atom. The standard InChI is InChI=1S/C22H33ClN2O5/c1-13(2)17(25-21(28)30-22(5,6)7)19(26)24-18(14(3)4)20(27)29-12-15-8-10-16(23)11-9-15/h8-11,13-14,17-18H,12H2,1-7H3,(H,24,26)(H,25,28)/t17-,18-/m0/s1. The molecule has 0 aliphatic rings. The Labute approximate surface area is 183 Å². The molecular formula is C22H33ClN2O5. The van der Waals surface area contributed by atoms with E-state index in [0.29, 0.717) is 5.02 Å². The molecule has 0 aliphatic carbocycles. The predicted octanol–water partition coefficient (Wildman–Crippen LogP) is 4.07. The fourth-order valence-electron chi connectivity index (χ4n) is 2.54. The van der Waals surface area contributed by atoms with E-state index in [1.807, 2.05) is 0 Å². The first kappa shape index (κ1) is 25.8. The molecule has 2 N–H and O–H groups in total. The van der Waals surface area contributed by atoms with Crippen molar-refractivity contribution >= 4 is 29.6 Å². The van der Waals surface area contributed by atoms with E-state index in [1.165, 1.54) is 0 Å². The number of ether oxygens (including phenoxy) is 2. The smallest absolute Gasteiger partial charge is 0.408 e. The van der Waals surface area contributed by atoms with Gasteiger partial charge in [0, 0.05) is 5.02 Å². The van der Waals surface area contributed by atoms with Crippen molar-refractivity contribution in [2.45, 2.75) is 72.8 Å². The third-order valence-corrected chi connectivity index (χ3v) is 4.39. The molecule has 0 bridgehead atoms. The van der Waals surface area contributed by atoms with Crippen molar-refractivity contribution in [1.82, 2.24) is 10.6 Å². The van der Waals surface area contributed by atoms with Gasteiger partial charge in [-0.3, -0.25) is 4.79 Å².